The van der Waals surface area contributed by atoms with Crippen LogP contribution in [0.5, 0.6) is 0 Å². The Balaban J connectivity index is 1.46. The van der Waals surface area contributed by atoms with Crippen LogP contribution in [0.4, 0.5) is 16.0 Å². The van der Waals surface area contributed by atoms with E-state index in [1.807, 2.05) is 62.5 Å². The largest absolute Gasteiger partial charge is 0.328 e. The molecule has 1 unspecified atom stereocenters. The molecule has 5 rings (SSSR count). The SMILES string of the molecule is CC1=C(C(=O)Nc2ccc(C)cc2C)C(c2cccs2)n2nc(SCc3ccccc3F)nc2N1. The van der Waals surface area contributed by atoms with E-state index in [0.29, 0.717) is 28.0 Å². The Morgan fingerprint density at radius 3 is 2.74 bits per heavy atom. The number of aromatic nitrogens is 3. The summed E-state index contributed by atoms with van der Waals surface area (Å²) in [4.78, 5) is 19.2. The highest BCUT2D eigenvalue weighted by Crippen LogP contribution is 2.38. The Kier molecular flexibility index (Phi) is 6.44. The highest BCUT2D eigenvalue weighted by atomic mass is 32.2. The zero-order chi connectivity index (χ0) is 24.5. The molecule has 2 aromatic heterocycles. The van der Waals surface area contributed by atoms with Crippen LogP contribution >= 0.6 is 23.1 Å². The molecule has 0 saturated carbocycles. The first-order valence-electron chi connectivity index (χ1n) is 11.1. The van der Waals surface area contributed by atoms with E-state index in [0.717, 1.165) is 27.4 Å². The molecule has 35 heavy (non-hydrogen) atoms. The smallest absolute Gasteiger partial charge is 0.255 e. The van der Waals surface area contributed by atoms with E-state index >= 15 is 0 Å². The number of halogens is 1. The summed E-state index contributed by atoms with van der Waals surface area (Å²) < 4.78 is 15.8. The number of thioether (sulfide) groups is 1. The van der Waals surface area contributed by atoms with Gasteiger partial charge in [0.25, 0.3) is 5.91 Å². The Morgan fingerprint density at radius 1 is 1.17 bits per heavy atom. The standard InChI is InChI=1S/C26H24FN5OS2/c1-15-10-11-20(16(2)13-15)29-24(33)22-17(3)28-25-30-26(35-14-18-7-4-5-8-19(18)27)31-32(25)23(22)21-9-6-12-34-21/h4-13,23H,14H2,1-3H3,(H,29,33)(H,28,30,31). The number of hydrogen-bond donors (Lipinski definition) is 2. The first-order chi connectivity index (χ1) is 16.9. The average molecular weight is 506 g/mol. The lowest BCUT2D eigenvalue weighted by Crippen LogP contribution is -2.31. The molecule has 0 fully saturated rings. The number of nitrogens with one attached hydrogen (secondary N) is 2. The first kappa shape index (κ1) is 23.3. The molecule has 0 radical (unpaired) electrons. The number of hydrogen-bond acceptors (Lipinski definition) is 6. The van der Waals surface area contributed by atoms with Crippen molar-refractivity contribution in [1.82, 2.24) is 14.8 Å². The van der Waals surface area contributed by atoms with Gasteiger partial charge in [-0.2, -0.15) is 4.98 Å². The molecule has 0 aliphatic carbocycles. The minimum absolute atomic E-state index is 0.193. The van der Waals surface area contributed by atoms with Crippen LogP contribution in [0.2, 0.25) is 0 Å². The number of amides is 1. The molecule has 0 saturated heterocycles. The molecular formula is C26H24FN5OS2. The third-order valence-corrected chi connectivity index (χ3v) is 7.65. The summed E-state index contributed by atoms with van der Waals surface area (Å²) in [5.74, 6) is 0.523. The molecule has 6 nitrogen and oxygen atoms in total. The maximum atomic E-state index is 14.1. The minimum Gasteiger partial charge on any atom is -0.328 e. The van der Waals surface area contributed by atoms with Gasteiger partial charge in [-0.15, -0.1) is 16.4 Å². The summed E-state index contributed by atoms with van der Waals surface area (Å²) in [6, 6.07) is 16.2. The number of allylic oxidation sites excluding steroid dienone is 1. The van der Waals surface area contributed by atoms with Gasteiger partial charge in [0.2, 0.25) is 11.1 Å². The number of aryl methyl sites for hydroxylation is 2. The molecule has 9 heteroatoms. The third-order valence-electron chi connectivity index (χ3n) is 5.84. The van der Waals surface area contributed by atoms with E-state index in [4.69, 9.17) is 5.10 Å². The molecule has 1 atom stereocenters. The van der Waals surface area contributed by atoms with Crippen molar-refractivity contribution in [2.24, 2.45) is 0 Å². The molecule has 1 aliphatic heterocycles. The highest BCUT2D eigenvalue weighted by Gasteiger charge is 2.35. The van der Waals surface area contributed by atoms with Crippen LogP contribution < -0.4 is 10.6 Å². The predicted octanol–water partition coefficient (Wildman–Crippen LogP) is 6.32. The van der Waals surface area contributed by atoms with Gasteiger partial charge < -0.3 is 10.6 Å². The maximum absolute atomic E-state index is 14.1. The number of carbonyl (C=O) groups is 1. The van der Waals surface area contributed by atoms with Crippen molar-refractivity contribution < 1.29 is 9.18 Å². The van der Waals surface area contributed by atoms with Crippen LogP contribution in [0.25, 0.3) is 0 Å². The lowest BCUT2D eigenvalue weighted by molar-refractivity contribution is -0.113. The molecular weight excluding hydrogens is 481 g/mol. The van der Waals surface area contributed by atoms with Crippen molar-refractivity contribution in [2.45, 2.75) is 37.7 Å². The van der Waals surface area contributed by atoms with Crippen LogP contribution in [0.15, 0.2) is 76.4 Å². The molecule has 3 heterocycles. The van der Waals surface area contributed by atoms with Crippen LogP contribution in [-0.4, -0.2) is 20.7 Å². The Hall–Kier alpha value is -3.43. The van der Waals surface area contributed by atoms with Gasteiger partial charge >= 0.3 is 0 Å². The third kappa shape index (κ3) is 4.74. The lowest BCUT2D eigenvalue weighted by atomic mass is 10.0. The average Bonchev–Trinajstić information content (AvgIpc) is 3.49. The van der Waals surface area contributed by atoms with Crippen LogP contribution in [0.1, 0.15) is 34.5 Å². The number of fused-ring (bicyclic) bond motifs is 1. The molecule has 1 aliphatic rings. The molecule has 2 N–H and O–H groups in total. The summed E-state index contributed by atoms with van der Waals surface area (Å²) in [7, 11) is 0. The van der Waals surface area contributed by atoms with Gasteiger partial charge in [-0.05, 0) is 55.5 Å². The summed E-state index contributed by atoms with van der Waals surface area (Å²) in [6.45, 7) is 5.88. The lowest BCUT2D eigenvalue weighted by Gasteiger charge is -2.27. The van der Waals surface area contributed by atoms with Crippen LogP contribution in [-0.2, 0) is 10.5 Å². The normalized spacial score (nSPS) is 15.0. The number of carbonyl (C=O) groups excluding carboxylic acids is 1. The van der Waals surface area contributed by atoms with Gasteiger partial charge in [0.05, 0.1) is 5.57 Å². The van der Waals surface area contributed by atoms with E-state index in [9.17, 15) is 9.18 Å². The van der Waals surface area contributed by atoms with Gasteiger partial charge in [-0.25, -0.2) is 9.07 Å². The summed E-state index contributed by atoms with van der Waals surface area (Å²) in [5, 5.41) is 13.5. The van der Waals surface area contributed by atoms with Gasteiger partial charge in [-0.1, -0.05) is 53.7 Å². The summed E-state index contributed by atoms with van der Waals surface area (Å²) >= 11 is 2.92. The number of anilines is 2. The van der Waals surface area contributed by atoms with Gasteiger partial charge in [0.15, 0.2) is 0 Å². The minimum atomic E-state index is -0.424. The fourth-order valence-corrected chi connectivity index (χ4v) is 5.73. The van der Waals surface area contributed by atoms with E-state index < -0.39 is 6.04 Å². The second-order valence-electron chi connectivity index (χ2n) is 8.40. The van der Waals surface area contributed by atoms with Crippen molar-refractivity contribution in [1.29, 1.82) is 0 Å². The van der Waals surface area contributed by atoms with Gasteiger partial charge in [-0.3, -0.25) is 4.79 Å². The monoisotopic (exact) mass is 505 g/mol. The molecule has 4 aromatic rings. The van der Waals surface area contributed by atoms with Crippen molar-refractivity contribution in [3.05, 3.63) is 98.6 Å². The van der Waals surface area contributed by atoms with Crippen molar-refractivity contribution in [3.8, 4) is 0 Å². The summed E-state index contributed by atoms with van der Waals surface area (Å²) in [5.41, 5.74) is 4.81. The van der Waals surface area contributed by atoms with E-state index in [2.05, 4.69) is 15.6 Å². The number of nitrogens with zero attached hydrogens (tertiary/aromatic N) is 3. The zero-order valence-electron chi connectivity index (χ0n) is 19.5. The quantitative estimate of drug-likeness (QED) is 0.300. The highest BCUT2D eigenvalue weighted by molar-refractivity contribution is 7.98. The second kappa shape index (κ2) is 9.67. The van der Waals surface area contributed by atoms with E-state index in [-0.39, 0.29) is 11.7 Å². The van der Waals surface area contributed by atoms with Crippen molar-refractivity contribution in [3.63, 3.8) is 0 Å². The topological polar surface area (TPSA) is 71.8 Å². The number of benzene rings is 2. The number of thiophene rings is 1. The predicted molar refractivity (Wildman–Crippen MR) is 139 cm³/mol. The van der Waals surface area contributed by atoms with Crippen LogP contribution in [0.3, 0.4) is 0 Å². The Bertz CT molecular complexity index is 1430. The summed E-state index contributed by atoms with van der Waals surface area (Å²) in [6.07, 6.45) is 0. The Labute approximate surface area is 211 Å². The molecule has 2 aromatic carbocycles. The van der Waals surface area contributed by atoms with E-state index in [1.54, 1.807) is 28.2 Å². The molecule has 0 spiro atoms. The fraction of sp³-hybridized carbons (Fsp3) is 0.192. The maximum Gasteiger partial charge on any atom is 0.255 e. The zero-order valence-corrected chi connectivity index (χ0v) is 21.1. The molecule has 0 bridgehead atoms. The van der Waals surface area contributed by atoms with Crippen molar-refractivity contribution in [2.75, 3.05) is 10.6 Å². The van der Waals surface area contributed by atoms with Gasteiger partial charge in [0.1, 0.15) is 11.9 Å². The van der Waals surface area contributed by atoms with Crippen molar-refractivity contribution >= 4 is 40.6 Å². The molecule has 1 amide bonds. The second-order valence-corrected chi connectivity index (χ2v) is 10.3. The van der Waals surface area contributed by atoms with Crippen LogP contribution in [0, 0.1) is 19.7 Å². The molecule has 178 valence electrons. The fourth-order valence-electron chi connectivity index (χ4n) is 4.10. The number of rotatable bonds is 6. The van der Waals surface area contributed by atoms with E-state index in [1.165, 1.54) is 17.8 Å². The van der Waals surface area contributed by atoms with Gasteiger partial charge in [0, 0.05) is 22.0 Å². The first-order valence-corrected chi connectivity index (χ1v) is 13.0. The Morgan fingerprint density at radius 2 is 2.00 bits per heavy atom.